The molecule has 5 rings (SSSR count). The van der Waals surface area contributed by atoms with Crippen molar-refractivity contribution in [2.75, 3.05) is 26.2 Å². The van der Waals surface area contributed by atoms with E-state index in [-0.39, 0.29) is 0 Å². The Morgan fingerprint density at radius 3 is 2.59 bits per heavy atom. The Kier molecular flexibility index (Phi) is 6.03. The molecule has 2 aromatic carbocycles. The molecule has 0 radical (unpaired) electrons. The van der Waals surface area contributed by atoms with E-state index < -0.39 is 5.60 Å². The van der Waals surface area contributed by atoms with Crippen LogP contribution in [0.3, 0.4) is 0 Å². The van der Waals surface area contributed by atoms with Crippen LogP contribution in [-0.2, 0) is 12.1 Å². The minimum absolute atomic E-state index is 0.486. The molecular weight excluding hydrogens is 400 g/mol. The zero-order chi connectivity index (χ0) is 21.8. The highest BCUT2D eigenvalue weighted by Crippen LogP contribution is 2.33. The average Bonchev–Trinajstić information content (AvgIpc) is 3.60. The smallest absolute Gasteiger partial charge is 0.123 e. The molecule has 166 valence electrons. The van der Waals surface area contributed by atoms with Crippen LogP contribution in [0.1, 0.15) is 30.4 Å². The van der Waals surface area contributed by atoms with Gasteiger partial charge in [0.15, 0.2) is 0 Å². The standard InChI is InChI=1S/C25H30N6O/c32-25(10-13-30-11-4-5-12-30,17-26-15-20-6-2-1-3-7-20)23-16-27-24-9-8-21(14-22(23)24)31-18-28-29-19-31/h1-3,6-9,14,16,18-19,26-27,32H,4-5,10-13,15,17H2. The number of nitrogens with one attached hydrogen (secondary N) is 2. The average molecular weight is 431 g/mol. The number of hydrogen-bond acceptors (Lipinski definition) is 5. The molecule has 4 aromatic rings. The maximum Gasteiger partial charge on any atom is 0.123 e. The molecule has 1 aliphatic heterocycles. The van der Waals surface area contributed by atoms with Gasteiger partial charge in [-0.1, -0.05) is 30.3 Å². The molecule has 0 aliphatic carbocycles. The monoisotopic (exact) mass is 430 g/mol. The minimum atomic E-state index is -0.985. The first kappa shape index (κ1) is 20.9. The Bertz CT molecular complexity index is 1130. The van der Waals surface area contributed by atoms with Crippen molar-refractivity contribution in [3.63, 3.8) is 0 Å². The van der Waals surface area contributed by atoms with Crippen molar-refractivity contribution in [3.8, 4) is 5.69 Å². The van der Waals surface area contributed by atoms with Crippen LogP contribution >= 0.6 is 0 Å². The lowest BCUT2D eigenvalue weighted by Crippen LogP contribution is -2.40. The molecule has 0 saturated carbocycles. The Balaban J connectivity index is 1.42. The van der Waals surface area contributed by atoms with Crippen LogP contribution in [0.5, 0.6) is 0 Å². The number of nitrogens with zero attached hydrogens (tertiary/aromatic N) is 4. The van der Waals surface area contributed by atoms with Crippen LogP contribution in [-0.4, -0.2) is 55.9 Å². The first-order valence-corrected chi connectivity index (χ1v) is 11.4. The summed E-state index contributed by atoms with van der Waals surface area (Å²) in [5.74, 6) is 0. The van der Waals surface area contributed by atoms with Gasteiger partial charge in [0.05, 0.1) is 0 Å². The predicted octanol–water partition coefficient (Wildman–Crippen LogP) is 3.21. The lowest BCUT2D eigenvalue weighted by atomic mass is 9.89. The maximum atomic E-state index is 12.0. The number of hydrogen-bond donors (Lipinski definition) is 3. The Labute approximate surface area is 188 Å². The second kappa shape index (κ2) is 9.24. The van der Waals surface area contributed by atoms with Crippen molar-refractivity contribution >= 4 is 10.9 Å². The van der Waals surface area contributed by atoms with Crippen LogP contribution in [0.4, 0.5) is 0 Å². The minimum Gasteiger partial charge on any atom is -0.384 e. The normalized spacial score (nSPS) is 16.5. The highest BCUT2D eigenvalue weighted by molar-refractivity contribution is 5.86. The van der Waals surface area contributed by atoms with Crippen molar-refractivity contribution < 1.29 is 5.11 Å². The van der Waals surface area contributed by atoms with Gasteiger partial charge in [0, 0.05) is 48.0 Å². The highest BCUT2D eigenvalue weighted by Gasteiger charge is 2.32. The van der Waals surface area contributed by atoms with E-state index in [9.17, 15) is 5.11 Å². The number of aromatic nitrogens is 4. The molecule has 32 heavy (non-hydrogen) atoms. The largest absolute Gasteiger partial charge is 0.384 e. The van der Waals surface area contributed by atoms with Gasteiger partial charge in [-0.25, -0.2) is 0 Å². The van der Waals surface area contributed by atoms with Crippen LogP contribution in [0, 0.1) is 0 Å². The van der Waals surface area contributed by atoms with E-state index in [2.05, 4.69) is 43.6 Å². The number of aliphatic hydroxyl groups is 1. The van der Waals surface area contributed by atoms with E-state index in [0.717, 1.165) is 48.3 Å². The second-order valence-electron chi connectivity index (χ2n) is 8.72. The van der Waals surface area contributed by atoms with E-state index in [1.54, 1.807) is 12.7 Å². The maximum absolute atomic E-state index is 12.0. The Hall–Kier alpha value is -3.00. The van der Waals surface area contributed by atoms with Crippen molar-refractivity contribution in [1.29, 1.82) is 0 Å². The van der Waals surface area contributed by atoms with Gasteiger partial charge in [-0.05, 0) is 56.1 Å². The molecule has 1 unspecified atom stereocenters. The molecule has 1 saturated heterocycles. The van der Waals surface area contributed by atoms with Gasteiger partial charge in [-0.2, -0.15) is 0 Å². The third-order valence-corrected chi connectivity index (χ3v) is 6.51. The third kappa shape index (κ3) is 4.46. The van der Waals surface area contributed by atoms with Crippen molar-refractivity contribution in [3.05, 3.63) is 78.5 Å². The van der Waals surface area contributed by atoms with Gasteiger partial charge in [0.1, 0.15) is 18.3 Å². The van der Waals surface area contributed by atoms with Crippen LogP contribution in [0.25, 0.3) is 16.6 Å². The van der Waals surface area contributed by atoms with E-state index >= 15 is 0 Å². The quantitative estimate of drug-likeness (QED) is 0.380. The molecule has 0 amide bonds. The molecule has 3 heterocycles. The molecule has 1 aliphatic rings. The predicted molar refractivity (Wildman–Crippen MR) is 126 cm³/mol. The number of aromatic amines is 1. The number of benzene rings is 2. The van der Waals surface area contributed by atoms with Gasteiger partial charge < -0.3 is 20.3 Å². The Morgan fingerprint density at radius 1 is 1.03 bits per heavy atom. The molecule has 1 fully saturated rings. The summed E-state index contributed by atoms with van der Waals surface area (Å²) in [7, 11) is 0. The molecule has 7 nitrogen and oxygen atoms in total. The molecule has 0 spiro atoms. The second-order valence-corrected chi connectivity index (χ2v) is 8.72. The van der Waals surface area contributed by atoms with E-state index in [1.807, 2.05) is 41.1 Å². The van der Waals surface area contributed by atoms with Gasteiger partial charge in [0.25, 0.3) is 0 Å². The zero-order valence-electron chi connectivity index (χ0n) is 18.2. The summed E-state index contributed by atoms with van der Waals surface area (Å²) in [6.07, 6.45) is 8.52. The number of fused-ring (bicyclic) bond motifs is 1. The number of likely N-dealkylation sites (tertiary alicyclic amines) is 1. The third-order valence-electron chi connectivity index (χ3n) is 6.51. The molecule has 7 heteroatoms. The first-order valence-electron chi connectivity index (χ1n) is 11.4. The molecule has 1 atom stereocenters. The van der Waals surface area contributed by atoms with Crippen LogP contribution in [0.2, 0.25) is 0 Å². The van der Waals surface area contributed by atoms with E-state index in [0.29, 0.717) is 13.0 Å². The van der Waals surface area contributed by atoms with Crippen molar-refractivity contribution in [2.45, 2.75) is 31.4 Å². The Morgan fingerprint density at radius 2 is 1.81 bits per heavy atom. The fourth-order valence-electron chi connectivity index (χ4n) is 4.67. The SMILES string of the molecule is OC(CCN1CCCC1)(CNCc1ccccc1)c1c[nH]c2ccc(-n3cnnc3)cc12. The summed E-state index contributed by atoms with van der Waals surface area (Å²) in [6.45, 7) is 4.35. The van der Waals surface area contributed by atoms with Gasteiger partial charge in [-0.15, -0.1) is 10.2 Å². The number of rotatable bonds is 9. The van der Waals surface area contributed by atoms with Crippen molar-refractivity contribution in [1.82, 2.24) is 30.0 Å². The lowest BCUT2D eigenvalue weighted by Gasteiger charge is -2.31. The summed E-state index contributed by atoms with van der Waals surface area (Å²) in [5, 5.41) is 24.4. The van der Waals surface area contributed by atoms with Crippen LogP contribution < -0.4 is 5.32 Å². The van der Waals surface area contributed by atoms with E-state index in [1.165, 1.54) is 18.4 Å². The highest BCUT2D eigenvalue weighted by atomic mass is 16.3. The van der Waals surface area contributed by atoms with Crippen molar-refractivity contribution in [2.24, 2.45) is 0 Å². The number of H-pyrrole nitrogens is 1. The lowest BCUT2D eigenvalue weighted by molar-refractivity contribution is 0.0206. The molecule has 0 bridgehead atoms. The fourth-order valence-corrected chi connectivity index (χ4v) is 4.67. The van der Waals surface area contributed by atoms with Gasteiger partial charge in [0.2, 0.25) is 0 Å². The van der Waals surface area contributed by atoms with Gasteiger partial charge >= 0.3 is 0 Å². The van der Waals surface area contributed by atoms with E-state index in [4.69, 9.17) is 0 Å². The van der Waals surface area contributed by atoms with Gasteiger partial charge in [-0.3, -0.25) is 4.57 Å². The molecular formula is C25H30N6O. The van der Waals surface area contributed by atoms with Crippen LogP contribution in [0.15, 0.2) is 67.4 Å². The molecule has 3 N–H and O–H groups in total. The summed E-state index contributed by atoms with van der Waals surface area (Å²) < 4.78 is 1.88. The summed E-state index contributed by atoms with van der Waals surface area (Å²) in [6, 6.07) is 16.5. The summed E-state index contributed by atoms with van der Waals surface area (Å²) in [5.41, 5.74) is 3.15. The fraction of sp³-hybridized carbons (Fsp3) is 0.360. The molecule has 2 aromatic heterocycles. The summed E-state index contributed by atoms with van der Waals surface area (Å²) >= 11 is 0. The zero-order valence-corrected chi connectivity index (χ0v) is 18.2. The topological polar surface area (TPSA) is 82.0 Å². The summed E-state index contributed by atoms with van der Waals surface area (Å²) in [4.78, 5) is 5.82. The first-order chi connectivity index (χ1) is 15.7.